The Kier molecular flexibility index (Phi) is 2.90. The number of rotatable bonds is 1. The average Bonchev–Trinajstić information content (AvgIpc) is 2.15. The van der Waals surface area contributed by atoms with Crippen LogP contribution in [-0.4, -0.2) is 17.2 Å². The lowest BCUT2D eigenvalue weighted by Crippen LogP contribution is -2.48. The van der Waals surface area contributed by atoms with Gasteiger partial charge in [-0.25, -0.2) is 15.0 Å². The monoisotopic (exact) mass is 195 g/mol. The first-order chi connectivity index (χ1) is 6.61. The molecule has 74 valence electrons. The first-order valence-electron chi connectivity index (χ1n) is 3.75. The van der Waals surface area contributed by atoms with Crippen molar-refractivity contribution in [1.82, 2.24) is 5.43 Å². The molecule has 0 aromatic heterocycles. The fraction of sp³-hybridized carbons (Fsp3) is 0. The maximum Gasteiger partial charge on any atom is 0.431 e. The quantitative estimate of drug-likeness (QED) is 0.577. The zero-order valence-electron chi connectivity index (χ0n) is 7.18. The van der Waals surface area contributed by atoms with Gasteiger partial charge in [0.2, 0.25) is 0 Å². The number of benzene rings is 1. The zero-order valence-corrected chi connectivity index (χ0v) is 7.18. The molecule has 6 nitrogen and oxygen atoms in total. The van der Waals surface area contributed by atoms with Crippen LogP contribution in [0.5, 0.6) is 0 Å². The van der Waals surface area contributed by atoms with Crippen molar-refractivity contribution in [3.63, 3.8) is 0 Å². The molecule has 0 saturated carbocycles. The van der Waals surface area contributed by atoms with Crippen molar-refractivity contribution in [2.75, 3.05) is 5.01 Å². The molecule has 6 heteroatoms. The summed E-state index contributed by atoms with van der Waals surface area (Å²) in [6, 6.07) is 7.15. The molecular formula is C8H9N3O3. The second-order valence-corrected chi connectivity index (χ2v) is 2.43. The minimum Gasteiger partial charge on any atom is -0.463 e. The van der Waals surface area contributed by atoms with Crippen LogP contribution in [0.4, 0.5) is 15.3 Å². The summed E-state index contributed by atoms with van der Waals surface area (Å²) in [4.78, 5) is 21.2. The van der Waals surface area contributed by atoms with E-state index in [2.05, 4.69) is 0 Å². The number of hydrogen-bond acceptors (Lipinski definition) is 2. The van der Waals surface area contributed by atoms with Crippen LogP contribution in [0.1, 0.15) is 0 Å². The van der Waals surface area contributed by atoms with E-state index in [-0.39, 0.29) is 0 Å². The van der Waals surface area contributed by atoms with Crippen molar-refractivity contribution in [2.45, 2.75) is 0 Å². The number of urea groups is 1. The van der Waals surface area contributed by atoms with E-state index >= 15 is 0 Å². The minimum absolute atomic E-state index is 0.318. The highest BCUT2D eigenvalue weighted by atomic mass is 16.4. The summed E-state index contributed by atoms with van der Waals surface area (Å²) < 4.78 is 0. The van der Waals surface area contributed by atoms with Crippen LogP contribution in [0.3, 0.4) is 0 Å². The molecule has 1 aromatic carbocycles. The number of para-hydroxylation sites is 1. The van der Waals surface area contributed by atoms with Crippen molar-refractivity contribution in [1.29, 1.82) is 0 Å². The largest absolute Gasteiger partial charge is 0.463 e. The van der Waals surface area contributed by atoms with Crippen molar-refractivity contribution in [2.24, 2.45) is 5.73 Å². The smallest absolute Gasteiger partial charge is 0.431 e. The van der Waals surface area contributed by atoms with Gasteiger partial charge in [-0.2, -0.15) is 5.01 Å². The standard InChI is InChI=1S/C8H9N3O3/c9-7(12)10-11(8(13)14)6-4-2-1-3-5-6/h1-5H,(H,13,14)(H3,9,10,12). The third-order valence-electron chi connectivity index (χ3n) is 1.43. The number of hydrazine groups is 1. The minimum atomic E-state index is -1.31. The Labute approximate surface area is 79.9 Å². The Hall–Kier alpha value is -2.24. The van der Waals surface area contributed by atoms with Crippen molar-refractivity contribution < 1.29 is 14.7 Å². The molecule has 0 unspecified atom stereocenters. The molecule has 4 N–H and O–H groups in total. The first kappa shape index (κ1) is 9.85. The fourth-order valence-electron chi connectivity index (χ4n) is 0.910. The Morgan fingerprint density at radius 1 is 1.29 bits per heavy atom. The number of carbonyl (C=O) groups is 2. The van der Waals surface area contributed by atoms with Crippen LogP contribution in [0.2, 0.25) is 0 Å². The number of nitrogens with two attached hydrogens (primary N) is 1. The van der Waals surface area contributed by atoms with E-state index in [1.54, 1.807) is 18.2 Å². The zero-order chi connectivity index (χ0) is 10.6. The van der Waals surface area contributed by atoms with E-state index in [0.717, 1.165) is 0 Å². The number of carboxylic acid groups (broad SMARTS) is 1. The molecule has 0 aliphatic rings. The molecule has 14 heavy (non-hydrogen) atoms. The lowest BCUT2D eigenvalue weighted by atomic mass is 10.3. The van der Waals surface area contributed by atoms with Gasteiger partial charge in [0.15, 0.2) is 0 Å². The van der Waals surface area contributed by atoms with Gasteiger partial charge in [0, 0.05) is 0 Å². The van der Waals surface area contributed by atoms with Crippen LogP contribution in [0, 0.1) is 0 Å². The molecule has 0 aliphatic carbocycles. The summed E-state index contributed by atoms with van der Waals surface area (Å²) >= 11 is 0. The SMILES string of the molecule is NC(=O)NN(C(=O)O)c1ccccc1. The van der Waals surface area contributed by atoms with E-state index in [4.69, 9.17) is 10.8 Å². The van der Waals surface area contributed by atoms with Gasteiger partial charge in [-0.3, -0.25) is 0 Å². The average molecular weight is 195 g/mol. The molecule has 1 aromatic rings. The highest BCUT2D eigenvalue weighted by Gasteiger charge is 2.14. The second kappa shape index (κ2) is 4.13. The lowest BCUT2D eigenvalue weighted by Gasteiger charge is -2.18. The number of nitrogens with one attached hydrogen (secondary N) is 1. The summed E-state index contributed by atoms with van der Waals surface area (Å²) in [7, 11) is 0. The Morgan fingerprint density at radius 3 is 2.29 bits per heavy atom. The van der Waals surface area contributed by atoms with E-state index < -0.39 is 12.1 Å². The highest BCUT2D eigenvalue weighted by Crippen LogP contribution is 2.10. The summed E-state index contributed by atoms with van der Waals surface area (Å²) in [6.45, 7) is 0. The molecule has 0 heterocycles. The number of amides is 3. The maximum absolute atomic E-state index is 10.7. The van der Waals surface area contributed by atoms with Gasteiger partial charge in [0.25, 0.3) is 0 Å². The van der Waals surface area contributed by atoms with Crippen molar-refractivity contribution in [3.05, 3.63) is 30.3 Å². The molecule has 0 atom stereocenters. The fourth-order valence-corrected chi connectivity index (χ4v) is 0.910. The third-order valence-corrected chi connectivity index (χ3v) is 1.43. The van der Waals surface area contributed by atoms with Gasteiger partial charge in [-0.1, -0.05) is 18.2 Å². The second-order valence-electron chi connectivity index (χ2n) is 2.43. The summed E-state index contributed by atoms with van der Waals surface area (Å²) in [5.41, 5.74) is 7.10. The Morgan fingerprint density at radius 2 is 1.86 bits per heavy atom. The predicted molar refractivity (Wildman–Crippen MR) is 49.7 cm³/mol. The Balaban J connectivity index is 2.89. The van der Waals surface area contributed by atoms with E-state index in [1.807, 2.05) is 5.43 Å². The maximum atomic E-state index is 10.7. The number of anilines is 1. The van der Waals surface area contributed by atoms with Gasteiger partial charge in [-0.05, 0) is 12.1 Å². The molecule has 3 amide bonds. The molecular weight excluding hydrogens is 186 g/mol. The Bertz CT molecular complexity index is 339. The molecule has 0 spiro atoms. The van der Waals surface area contributed by atoms with E-state index in [0.29, 0.717) is 10.7 Å². The van der Waals surface area contributed by atoms with Gasteiger partial charge >= 0.3 is 12.1 Å². The number of carbonyl (C=O) groups excluding carboxylic acids is 1. The topological polar surface area (TPSA) is 95.7 Å². The van der Waals surface area contributed by atoms with Crippen LogP contribution in [0.25, 0.3) is 0 Å². The van der Waals surface area contributed by atoms with Crippen LogP contribution < -0.4 is 16.2 Å². The van der Waals surface area contributed by atoms with E-state index in [9.17, 15) is 9.59 Å². The third kappa shape index (κ3) is 2.37. The van der Waals surface area contributed by atoms with Crippen LogP contribution in [0.15, 0.2) is 30.3 Å². The molecule has 0 bridgehead atoms. The number of primary amides is 1. The van der Waals surface area contributed by atoms with Crippen molar-refractivity contribution in [3.8, 4) is 0 Å². The van der Waals surface area contributed by atoms with Gasteiger partial charge < -0.3 is 10.8 Å². The molecule has 0 radical (unpaired) electrons. The normalized spacial score (nSPS) is 9.14. The van der Waals surface area contributed by atoms with Crippen molar-refractivity contribution >= 4 is 17.8 Å². The van der Waals surface area contributed by atoms with Crippen LogP contribution >= 0.6 is 0 Å². The molecule has 0 saturated heterocycles. The van der Waals surface area contributed by atoms with Gasteiger partial charge in [-0.15, -0.1) is 0 Å². The number of nitrogens with zero attached hydrogens (tertiary/aromatic N) is 1. The van der Waals surface area contributed by atoms with E-state index in [1.165, 1.54) is 12.1 Å². The first-order valence-corrected chi connectivity index (χ1v) is 3.75. The molecule has 0 aliphatic heterocycles. The lowest BCUT2D eigenvalue weighted by molar-refractivity contribution is 0.197. The highest BCUT2D eigenvalue weighted by molar-refractivity contribution is 5.89. The summed E-state index contributed by atoms with van der Waals surface area (Å²) in [5, 5.41) is 9.37. The van der Waals surface area contributed by atoms with Crippen LogP contribution in [-0.2, 0) is 0 Å². The van der Waals surface area contributed by atoms with Gasteiger partial charge in [0.1, 0.15) is 0 Å². The molecule has 0 fully saturated rings. The number of hydrogen-bond donors (Lipinski definition) is 3. The predicted octanol–water partition coefficient (Wildman–Crippen LogP) is 0.754. The summed E-state index contributed by atoms with van der Waals surface area (Å²) in [6.07, 6.45) is -1.31. The molecule has 1 rings (SSSR count). The summed E-state index contributed by atoms with van der Waals surface area (Å²) in [5.74, 6) is 0. The van der Waals surface area contributed by atoms with Gasteiger partial charge in [0.05, 0.1) is 5.69 Å².